The zero-order valence-electron chi connectivity index (χ0n) is 7.34. The first-order valence-corrected chi connectivity index (χ1v) is 4.29. The van der Waals surface area contributed by atoms with E-state index in [0.29, 0.717) is 0 Å². The highest BCUT2D eigenvalue weighted by Crippen LogP contribution is 2.13. The Kier molecular flexibility index (Phi) is 3.81. The third-order valence-corrected chi connectivity index (χ3v) is 1.54. The molecule has 1 N–H and O–H groups in total. The largest absolute Gasteiger partial charge is 0.433 e. The Morgan fingerprint density at radius 3 is 3.00 bits per heavy atom. The number of halogens is 1. The minimum atomic E-state index is -0.672. The van der Waals surface area contributed by atoms with Crippen LogP contribution in [0.1, 0.15) is 5.76 Å². The van der Waals surface area contributed by atoms with E-state index in [2.05, 4.69) is 10.5 Å². The summed E-state index contributed by atoms with van der Waals surface area (Å²) in [6, 6.07) is 2.54. The molecule has 0 atom stereocenters. The van der Waals surface area contributed by atoms with Gasteiger partial charge in [0.25, 0.3) is 5.91 Å². The first-order valence-electron chi connectivity index (χ1n) is 3.75. The smallest absolute Gasteiger partial charge is 0.400 e. The summed E-state index contributed by atoms with van der Waals surface area (Å²) in [6.07, 6.45) is 1.14. The molecule has 0 bridgehead atoms. The van der Waals surface area contributed by atoms with E-state index in [1.54, 1.807) is 0 Å². The van der Waals surface area contributed by atoms with Gasteiger partial charge in [0.2, 0.25) is 0 Å². The molecule has 0 radical (unpaired) electrons. The average Bonchev–Trinajstić information content (AvgIpc) is 2.66. The maximum atomic E-state index is 10.6. The Bertz CT molecular complexity index is 401. The molecule has 0 aliphatic rings. The normalized spacial score (nSPS) is 10.5. The summed E-state index contributed by atoms with van der Waals surface area (Å²) in [5.74, 6) is -0.916. The predicted octanol–water partition coefficient (Wildman–Crippen LogP) is 0.877. The maximum Gasteiger partial charge on any atom is 0.433 e. The fourth-order valence-electron chi connectivity index (χ4n) is 0.707. The lowest BCUT2D eigenvalue weighted by Gasteiger charge is -1.90. The van der Waals surface area contributed by atoms with Crippen LogP contribution in [0.2, 0.25) is 0 Å². The number of hydrazone groups is 1. The number of alkyl halides is 1. The second kappa shape index (κ2) is 5.11. The molecule has 1 aromatic heterocycles. The van der Waals surface area contributed by atoms with E-state index in [9.17, 15) is 14.9 Å². The number of nitrogens with zero attached hydrogens (tertiary/aromatic N) is 2. The molecule has 0 spiro atoms. The molecule has 80 valence electrons. The molecule has 7 nitrogen and oxygen atoms in total. The van der Waals surface area contributed by atoms with Gasteiger partial charge in [0.15, 0.2) is 5.76 Å². The Labute approximate surface area is 88.9 Å². The fraction of sp³-hybridized carbons (Fsp3) is 0.143. The zero-order chi connectivity index (χ0) is 11.3. The van der Waals surface area contributed by atoms with Crippen LogP contribution in [-0.4, -0.2) is 22.9 Å². The highest BCUT2D eigenvalue weighted by Gasteiger charge is 2.10. The van der Waals surface area contributed by atoms with Gasteiger partial charge < -0.3 is 4.42 Å². The number of carbonyl (C=O) groups excluding carboxylic acids is 1. The molecule has 1 amide bonds. The number of hydrogen-bond acceptors (Lipinski definition) is 5. The lowest BCUT2D eigenvalue weighted by molar-refractivity contribution is -0.402. The van der Waals surface area contributed by atoms with Crippen molar-refractivity contribution in [2.75, 3.05) is 5.88 Å². The molecular formula is C7H6ClN3O4. The number of furan rings is 1. The summed E-state index contributed by atoms with van der Waals surface area (Å²) in [5, 5.41) is 13.7. The van der Waals surface area contributed by atoms with Crippen molar-refractivity contribution in [3.05, 3.63) is 28.0 Å². The molecule has 0 aliphatic carbocycles. The zero-order valence-corrected chi connectivity index (χ0v) is 8.10. The van der Waals surface area contributed by atoms with Gasteiger partial charge in [-0.1, -0.05) is 0 Å². The lowest BCUT2D eigenvalue weighted by atomic mass is 10.5. The SMILES string of the molecule is O=C(CCl)N/N=C\c1ccc([N+](=O)[O-])o1. The first kappa shape index (κ1) is 11.2. The first-order chi connectivity index (χ1) is 7.13. The summed E-state index contributed by atoms with van der Waals surface area (Å²) >= 11 is 5.18. The maximum absolute atomic E-state index is 10.6. The molecule has 0 aromatic carbocycles. The Morgan fingerprint density at radius 2 is 2.47 bits per heavy atom. The van der Waals surface area contributed by atoms with Crippen molar-refractivity contribution in [3.63, 3.8) is 0 Å². The van der Waals surface area contributed by atoms with E-state index in [1.807, 2.05) is 0 Å². The highest BCUT2D eigenvalue weighted by molar-refractivity contribution is 6.27. The Balaban J connectivity index is 2.57. The fourth-order valence-corrected chi connectivity index (χ4v) is 0.767. The quantitative estimate of drug-likeness (QED) is 0.360. The van der Waals surface area contributed by atoms with E-state index in [4.69, 9.17) is 16.0 Å². The number of nitro groups is 1. The Hall–Kier alpha value is -1.89. The molecular weight excluding hydrogens is 226 g/mol. The van der Waals surface area contributed by atoms with Gasteiger partial charge in [-0.15, -0.1) is 11.6 Å². The molecule has 8 heteroatoms. The van der Waals surface area contributed by atoms with Crippen molar-refractivity contribution in [1.29, 1.82) is 0 Å². The van der Waals surface area contributed by atoms with Gasteiger partial charge in [0.1, 0.15) is 10.8 Å². The number of carbonyl (C=O) groups is 1. The van der Waals surface area contributed by atoms with Gasteiger partial charge in [-0.25, -0.2) is 5.43 Å². The van der Waals surface area contributed by atoms with Crippen LogP contribution in [0.4, 0.5) is 5.88 Å². The number of nitrogens with one attached hydrogen (secondary N) is 1. The molecule has 1 heterocycles. The van der Waals surface area contributed by atoms with Crippen LogP contribution in [0.5, 0.6) is 0 Å². The van der Waals surface area contributed by atoms with E-state index in [1.165, 1.54) is 12.1 Å². The van der Waals surface area contributed by atoms with E-state index in [0.717, 1.165) is 6.21 Å². The van der Waals surface area contributed by atoms with E-state index in [-0.39, 0.29) is 17.5 Å². The summed E-state index contributed by atoms with van der Waals surface area (Å²) in [7, 11) is 0. The van der Waals surface area contributed by atoms with Crippen LogP contribution in [0, 0.1) is 10.1 Å². The van der Waals surface area contributed by atoms with Gasteiger partial charge in [0, 0.05) is 0 Å². The van der Waals surface area contributed by atoms with Crippen LogP contribution in [-0.2, 0) is 4.79 Å². The third-order valence-electron chi connectivity index (χ3n) is 1.29. The van der Waals surface area contributed by atoms with Crippen LogP contribution in [0.25, 0.3) is 0 Å². The molecule has 0 saturated carbocycles. The molecule has 0 unspecified atom stereocenters. The molecule has 0 aliphatic heterocycles. The third kappa shape index (κ3) is 3.39. The van der Waals surface area contributed by atoms with E-state index < -0.39 is 10.8 Å². The molecule has 0 fully saturated rings. The average molecular weight is 232 g/mol. The number of amides is 1. The van der Waals surface area contributed by atoms with Crippen molar-refractivity contribution < 1.29 is 14.1 Å². The molecule has 15 heavy (non-hydrogen) atoms. The highest BCUT2D eigenvalue weighted by atomic mass is 35.5. The van der Waals surface area contributed by atoms with Gasteiger partial charge in [-0.2, -0.15) is 5.10 Å². The van der Waals surface area contributed by atoms with Gasteiger partial charge >= 0.3 is 5.88 Å². The van der Waals surface area contributed by atoms with Crippen LogP contribution in [0.15, 0.2) is 21.7 Å². The van der Waals surface area contributed by atoms with Gasteiger partial charge in [-0.3, -0.25) is 14.9 Å². The van der Waals surface area contributed by atoms with Crippen molar-refractivity contribution in [2.24, 2.45) is 5.10 Å². The number of rotatable bonds is 4. The predicted molar refractivity (Wildman–Crippen MR) is 51.8 cm³/mol. The van der Waals surface area contributed by atoms with Crippen molar-refractivity contribution in [2.45, 2.75) is 0 Å². The van der Waals surface area contributed by atoms with E-state index >= 15 is 0 Å². The van der Waals surface area contributed by atoms with Gasteiger partial charge in [-0.05, 0) is 6.07 Å². The standard InChI is InChI=1S/C7H6ClN3O4/c8-3-6(12)10-9-4-5-1-2-7(15-5)11(13)14/h1-2,4H,3H2,(H,10,12)/b9-4-. The minimum Gasteiger partial charge on any atom is -0.400 e. The topological polar surface area (TPSA) is 97.7 Å². The lowest BCUT2D eigenvalue weighted by Crippen LogP contribution is -2.18. The van der Waals surface area contributed by atoms with Crippen molar-refractivity contribution in [3.8, 4) is 0 Å². The second-order valence-corrected chi connectivity index (χ2v) is 2.63. The molecule has 0 saturated heterocycles. The second-order valence-electron chi connectivity index (χ2n) is 2.36. The van der Waals surface area contributed by atoms with Crippen LogP contribution in [0.3, 0.4) is 0 Å². The molecule has 1 aromatic rings. The summed E-state index contributed by atoms with van der Waals surface area (Å²) < 4.78 is 4.73. The summed E-state index contributed by atoms with van der Waals surface area (Å²) in [6.45, 7) is 0. The summed E-state index contributed by atoms with van der Waals surface area (Å²) in [5.41, 5.74) is 2.09. The minimum absolute atomic E-state index is 0.163. The monoisotopic (exact) mass is 231 g/mol. The van der Waals surface area contributed by atoms with Crippen LogP contribution < -0.4 is 5.43 Å². The van der Waals surface area contributed by atoms with Crippen molar-refractivity contribution >= 4 is 29.6 Å². The Morgan fingerprint density at radius 1 is 1.73 bits per heavy atom. The van der Waals surface area contributed by atoms with Crippen molar-refractivity contribution in [1.82, 2.24) is 5.43 Å². The molecule has 1 rings (SSSR count). The van der Waals surface area contributed by atoms with Crippen LogP contribution >= 0.6 is 11.6 Å². The number of hydrogen-bond donors (Lipinski definition) is 1. The summed E-state index contributed by atoms with van der Waals surface area (Å²) in [4.78, 5) is 20.2. The van der Waals surface area contributed by atoms with Gasteiger partial charge in [0.05, 0.1) is 12.3 Å².